The van der Waals surface area contributed by atoms with Crippen molar-refractivity contribution >= 4 is 34.5 Å². The van der Waals surface area contributed by atoms with Crippen LogP contribution in [0.3, 0.4) is 0 Å². The van der Waals surface area contributed by atoms with Crippen LogP contribution in [0.25, 0.3) is 0 Å². The van der Waals surface area contributed by atoms with Crippen LogP contribution in [-0.4, -0.2) is 7.11 Å². The summed E-state index contributed by atoms with van der Waals surface area (Å²) in [4.78, 5) is 0.926. The quantitative estimate of drug-likeness (QED) is 0.911. The predicted octanol–water partition coefficient (Wildman–Crippen LogP) is 4.42. The molecule has 0 saturated heterocycles. The molecule has 5 heteroatoms. The third kappa shape index (κ3) is 2.50. The first kappa shape index (κ1) is 13.7. The van der Waals surface area contributed by atoms with E-state index in [1.807, 2.05) is 24.4 Å². The second-order valence-corrected chi connectivity index (χ2v) is 5.69. The summed E-state index contributed by atoms with van der Waals surface area (Å²) in [7, 11) is 1.61. The normalized spacial score (nSPS) is 12.5. The average molecular weight is 302 g/mol. The molecule has 0 radical (unpaired) electrons. The third-order valence-corrected chi connectivity index (χ3v) is 4.77. The van der Waals surface area contributed by atoms with Crippen molar-refractivity contribution in [2.75, 3.05) is 7.11 Å². The van der Waals surface area contributed by atoms with Gasteiger partial charge in [-0.2, -0.15) is 0 Å². The molecule has 0 aliphatic rings. The monoisotopic (exact) mass is 301 g/mol. The van der Waals surface area contributed by atoms with Gasteiger partial charge >= 0.3 is 0 Å². The van der Waals surface area contributed by atoms with Gasteiger partial charge in [0.05, 0.1) is 18.2 Å². The van der Waals surface area contributed by atoms with E-state index in [1.54, 1.807) is 24.5 Å². The lowest BCUT2D eigenvalue weighted by molar-refractivity contribution is 0.408. The van der Waals surface area contributed by atoms with Gasteiger partial charge in [0, 0.05) is 15.5 Å². The van der Waals surface area contributed by atoms with Crippen LogP contribution in [0.4, 0.5) is 0 Å². The number of aryl methyl sites for hydroxylation is 1. The second-order valence-electron chi connectivity index (χ2n) is 3.96. The predicted molar refractivity (Wildman–Crippen MR) is 78.1 cm³/mol. The molecule has 1 aromatic carbocycles. The smallest absolute Gasteiger partial charge is 0.124 e. The number of benzene rings is 1. The molecule has 0 amide bonds. The highest BCUT2D eigenvalue weighted by Crippen LogP contribution is 2.38. The summed E-state index contributed by atoms with van der Waals surface area (Å²) in [6.45, 7) is 1.96. The lowest BCUT2D eigenvalue weighted by Crippen LogP contribution is -2.12. The molecule has 1 heterocycles. The van der Waals surface area contributed by atoms with Gasteiger partial charge in [-0.05, 0) is 36.1 Å². The maximum absolute atomic E-state index is 6.26. The van der Waals surface area contributed by atoms with Crippen LogP contribution in [-0.2, 0) is 0 Å². The van der Waals surface area contributed by atoms with Gasteiger partial charge in [0.25, 0.3) is 0 Å². The van der Waals surface area contributed by atoms with Crippen LogP contribution in [0, 0.1) is 6.92 Å². The molecule has 0 bridgehead atoms. The molecule has 0 aliphatic carbocycles. The van der Waals surface area contributed by atoms with E-state index in [4.69, 9.17) is 33.7 Å². The molecular formula is C13H13Cl2NOS. The molecule has 0 fully saturated rings. The van der Waals surface area contributed by atoms with E-state index in [9.17, 15) is 0 Å². The maximum Gasteiger partial charge on any atom is 0.124 e. The second kappa shape index (κ2) is 5.49. The van der Waals surface area contributed by atoms with Crippen molar-refractivity contribution < 1.29 is 4.74 Å². The minimum atomic E-state index is -0.329. The van der Waals surface area contributed by atoms with Gasteiger partial charge in [0.1, 0.15) is 5.75 Å². The molecular weight excluding hydrogens is 289 g/mol. The lowest BCUT2D eigenvalue weighted by atomic mass is 10.0. The molecule has 2 N–H and O–H groups in total. The van der Waals surface area contributed by atoms with Crippen LogP contribution >= 0.6 is 34.5 Å². The number of hydrogen-bond donors (Lipinski definition) is 1. The zero-order valence-corrected chi connectivity index (χ0v) is 12.4. The van der Waals surface area contributed by atoms with Gasteiger partial charge in [-0.3, -0.25) is 0 Å². The fourth-order valence-electron chi connectivity index (χ4n) is 1.75. The molecule has 2 aromatic rings. The molecule has 1 aromatic heterocycles. The molecule has 96 valence electrons. The van der Waals surface area contributed by atoms with Crippen molar-refractivity contribution in [1.29, 1.82) is 0 Å². The summed E-state index contributed by atoms with van der Waals surface area (Å²) in [5.74, 6) is 0.717. The number of halogens is 2. The number of nitrogens with two attached hydrogens (primary N) is 1. The van der Waals surface area contributed by atoms with Crippen LogP contribution in [0.5, 0.6) is 5.75 Å². The first-order valence-corrected chi connectivity index (χ1v) is 7.00. The number of thiophene rings is 1. The minimum absolute atomic E-state index is 0.329. The highest BCUT2D eigenvalue weighted by atomic mass is 35.5. The Morgan fingerprint density at radius 2 is 2.06 bits per heavy atom. The molecule has 18 heavy (non-hydrogen) atoms. The number of ether oxygens (including phenoxy) is 1. The molecule has 2 rings (SSSR count). The largest absolute Gasteiger partial charge is 0.496 e. The van der Waals surface area contributed by atoms with E-state index in [0.29, 0.717) is 10.8 Å². The van der Waals surface area contributed by atoms with Crippen LogP contribution in [0.2, 0.25) is 10.0 Å². The summed E-state index contributed by atoms with van der Waals surface area (Å²) in [5, 5.41) is 3.34. The van der Waals surface area contributed by atoms with Crippen LogP contribution < -0.4 is 10.5 Å². The third-order valence-electron chi connectivity index (χ3n) is 2.73. The number of hydrogen-bond acceptors (Lipinski definition) is 3. The molecule has 0 aliphatic heterocycles. The molecule has 1 atom stereocenters. The van der Waals surface area contributed by atoms with Gasteiger partial charge in [0.15, 0.2) is 0 Å². The Kier molecular flexibility index (Phi) is 4.17. The van der Waals surface area contributed by atoms with Crippen molar-refractivity contribution in [3.63, 3.8) is 0 Å². The SMILES string of the molecule is COc1ccc(Cl)cc1C(N)c1scc(C)c1Cl. The number of rotatable bonds is 3. The zero-order chi connectivity index (χ0) is 13.3. The van der Waals surface area contributed by atoms with Crippen molar-refractivity contribution in [2.45, 2.75) is 13.0 Å². The highest BCUT2D eigenvalue weighted by Gasteiger charge is 2.19. The summed E-state index contributed by atoms with van der Waals surface area (Å²) in [6.07, 6.45) is 0. The Morgan fingerprint density at radius 1 is 1.33 bits per heavy atom. The maximum atomic E-state index is 6.26. The van der Waals surface area contributed by atoms with Gasteiger partial charge < -0.3 is 10.5 Å². The molecule has 2 nitrogen and oxygen atoms in total. The Morgan fingerprint density at radius 3 is 2.61 bits per heavy atom. The minimum Gasteiger partial charge on any atom is -0.496 e. The van der Waals surface area contributed by atoms with Crippen LogP contribution in [0.1, 0.15) is 22.0 Å². The van der Waals surface area contributed by atoms with E-state index in [-0.39, 0.29) is 6.04 Å². The Balaban J connectivity index is 2.48. The Hall–Kier alpha value is -0.740. The van der Waals surface area contributed by atoms with Crippen molar-refractivity contribution in [1.82, 2.24) is 0 Å². The van der Waals surface area contributed by atoms with E-state index in [0.717, 1.165) is 21.0 Å². The first-order chi connectivity index (χ1) is 8.54. The molecule has 0 spiro atoms. The van der Waals surface area contributed by atoms with Gasteiger partial charge in [-0.1, -0.05) is 23.2 Å². The molecule has 1 unspecified atom stereocenters. The zero-order valence-electron chi connectivity index (χ0n) is 10.0. The standard InChI is InChI=1S/C13H13Cl2NOS/c1-7-6-18-13(11(7)15)12(16)9-5-8(14)3-4-10(9)17-2/h3-6,12H,16H2,1-2H3. The van der Waals surface area contributed by atoms with E-state index in [2.05, 4.69) is 0 Å². The average Bonchev–Trinajstić information content (AvgIpc) is 2.69. The topological polar surface area (TPSA) is 35.2 Å². The van der Waals surface area contributed by atoms with E-state index < -0.39 is 0 Å². The summed E-state index contributed by atoms with van der Waals surface area (Å²) >= 11 is 13.8. The summed E-state index contributed by atoms with van der Waals surface area (Å²) in [5.41, 5.74) is 8.14. The van der Waals surface area contributed by atoms with E-state index in [1.165, 1.54) is 0 Å². The van der Waals surface area contributed by atoms with Crippen LogP contribution in [0.15, 0.2) is 23.6 Å². The summed E-state index contributed by atoms with van der Waals surface area (Å²) < 4.78 is 5.31. The van der Waals surface area contributed by atoms with Gasteiger partial charge in [-0.15, -0.1) is 11.3 Å². The van der Waals surface area contributed by atoms with E-state index >= 15 is 0 Å². The Labute approximate surface area is 120 Å². The van der Waals surface area contributed by atoms with Crippen molar-refractivity contribution in [3.8, 4) is 5.75 Å². The molecule has 0 saturated carbocycles. The van der Waals surface area contributed by atoms with Crippen molar-refractivity contribution in [2.24, 2.45) is 5.73 Å². The van der Waals surface area contributed by atoms with Crippen molar-refractivity contribution in [3.05, 3.63) is 49.6 Å². The Bertz CT molecular complexity index is 568. The van der Waals surface area contributed by atoms with Gasteiger partial charge in [-0.25, -0.2) is 0 Å². The summed E-state index contributed by atoms with van der Waals surface area (Å²) in [6, 6.07) is 5.07. The highest BCUT2D eigenvalue weighted by molar-refractivity contribution is 7.10. The fourth-order valence-corrected chi connectivity index (χ4v) is 3.26. The number of methoxy groups -OCH3 is 1. The first-order valence-electron chi connectivity index (χ1n) is 5.37. The lowest BCUT2D eigenvalue weighted by Gasteiger charge is -2.15. The fraction of sp³-hybridized carbons (Fsp3) is 0.231. The van der Waals surface area contributed by atoms with Gasteiger partial charge in [0.2, 0.25) is 0 Å².